The van der Waals surface area contributed by atoms with Crippen LogP contribution in [0.3, 0.4) is 0 Å². The highest BCUT2D eigenvalue weighted by atomic mass is 16.5. The van der Waals surface area contributed by atoms with Gasteiger partial charge in [-0.15, -0.1) is 0 Å². The van der Waals surface area contributed by atoms with Crippen LogP contribution in [0.4, 0.5) is 0 Å². The fourth-order valence-electron chi connectivity index (χ4n) is 2.64. The second-order valence-electron chi connectivity index (χ2n) is 5.52. The smallest absolute Gasteiger partial charge is 0.0702 e. The van der Waals surface area contributed by atoms with Crippen molar-refractivity contribution >= 4 is 0 Å². The monoisotopic (exact) mass is 242 g/mol. The highest BCUT2D eigenvalue weighted by Gasteiger charge is 2.29. The Morgan fingerprint density at radius 3 is 2.71 bits per heavy atom. The van der Waals surface area contributed by atoms with Crippen LogP contribution in [0, 0.1) is 0 Å². The van der Waals surface area contributed by atoms with Gasteiger partial charge in [0.25, 0.3) is 0 Å². The summed E-state index contributed by atoms with van der Waals surface area (Å²) in [4.78, 5) is 2.38. The molecule has 1 saturated carbocycles. The zero-order chi connectivity index (χ0) is 12.3. The SMILES string of the molecule is CC1OCCC1N(C)CCC(CO)NC1CC1. The van der Waals surface area contributed by atoms with Gasteiger partial charge in [0.1, 0.15) is 0 Å². The predicted molar refractivity (Wildman–Crippen MR) is 68.1 cm³/mol. The first kappa shape index (κ1) is 13.3. The second-order valence-corrected chi connectivity index (χ2v) is 5.52. The molecule has 0 aromatic heterocycles. The van der Waals surface area contributed by atoms with Gasteiger partial charge >= 0.3 is 0 Å². The third-order valence-corrected chi connectivity index (χ3v) is 4.00. The van der Waals surface area contributed by atoms with Crippen LogP contribution in [0.15, 0.2) is 0 Å². The molecule has 2 rings (SSSR count). The summed E-state index contributed by atoms with van der Waals surface area (Å²) in [5.41, 5.74) is 0. The molecule has 1 heterocycles. The molecule has 1 aliphatic heterocycles. The molecule has 4 nitrogen and oxygen atoms in total. The Bertz CT molecular complexity index is 233. The van der Waals surface area contributed by atoms with E-state index < -0.39 is 0 Å². The molecule has 1 saturated heterocycles. The number of aliphatic hydroxyl groups is 1. The van der Waals surface area contributed by atoms with E-state index in [1.807, 2.05) is 0 Å². The summed E-state index contributed by atoms with van der Waals surface area (Å²) in [6.07, 6.45) is 5.06. The molecule has 1 aliphatic carbocycles. The summed E-state index contributed by atoms with van der Waals surface area (Å²) in [6.45, 7) is 4.32. The minimum atomic E-state index is 0.251. The van der Waals surface area contributed by atoms with Crippen LogP contribution in [0.1, 0.15) is 32.6 Å². The number of rotatable bonds is 7. The summed E-state index contributed by atoms with van der Waals surface area (Å²) in [7, 11) is 2.17. The molecular weight excluding hydrogens is 216 g/mol. The van der Waals surface area contributed by atoms with Crippen LogP contribution in [-0.2, 0) is 4.74 Å². The maximum Gasteiger partial charge on any atom is 0.0702 e. The van der Waals surface area contributed by atoms with Crippen LogP contribution >= 0.6 is 0 Å². The van der Waals surface area contributed by atoms with Gasteiger partial charge in [-0.2, -0.15) is 0 Å². The topological polar surface area (TPSA) is 44.7 Å². The molecule has 0 aromatic carbocycles. The maximum absolute atomic E-state index is 9.33. The first-order chi connectivity index (χ1) is 8.20. The summed E-state index contributed by atoms with van der Waals surface area (Å²) >= 11 is 0. The maximum atomic E-state index is 9.33. The number of aliphatic hydroxyl groups excluding tert-OH is 1. The van der Waals surface area contributed by atoms with E-state index in [2.05, 4.69) is 24.2 Å². The fraction of sp³-hybridized carbons (Fsp3) is 1.00. The highest BCUT2D eigenvalue weighted by Crippen LogP contribution is 2.21. The van der Waals surface area contributed by atoms with E-state index in [-0.39, 0.29) is 12.6 Å². The molecule has 3 unspecified atom stereocenters. The lowest BCUT2D eigenvalue weighted by Gasteiger charge is -2.28. The van der Waals surface area contributed by atoms with E-state index in [9.17, 15) is 5.11 Å². The van der Waals surface area contributed by atoms with Crippen molar-refractivity contribution in [1.29, 1.82) is 0 Å². The van der Waals surface area contributed by atoms with Gasteiger partial charge in [0.15, 0.2) is 0 Å². The van der Waals surface area contributed by atoms with Crippen LogP contribution in [0.25, 0.3) is 0 Å². The number of hydrogen-bond donors (Lipinski definition) is 2. The van der Waals surface area contributed by atoms with Gasteiger partial charge in [-0.3, -0.25) is 0 Å². The highest BCUT2D eigenvalue weighted by molar-refractivity contribution is 4.86. The van der Waals surface area contributed by atoms with Crippen molar-refractivity contribution in [2.75, 3.05) is 26.8 Å². The van der Waals surface area contributed by atoms with E-state index in [1.54, 1.807) is 0 Å². The second kappa shape index (κ2) is 6.14. The van der Waals surface area contributed by atoms with E-state index in [1.165, 1.54) is 12.8 Å². The number of nitrogens with zero attached hydrogens (tertiary/aromatic N) is 1. The van der Waals surface area contributed by atoms with Crippen LogP contribution in [0.2, 0.25) is 0 Å². The first-order valence-corrected chi connectivity index (χ1v) is 6.89. The zero-order valence-electron chi connectivity index (χ0n) is 11.1. The van der Waals surface area contributed by atoms with Crippen molar-refractivity contribution in [3.05, 3.63) is 0 Å². The Hall–Kier alpha value is -0.160. The van der Waals surface area contributed by atoms with Crippen molar-refractivity contribution < 1.29 is 9.84 Å². The number of nitrogens with one attached hydrogen (secondary N) is 1. The summed E-state index contributed by atoms with van der Waals surface area (Å²) < 4.78 is 5.59. The van der Waals surface area contributed by atoms with E-state index in [0.717, 1.165) is 26.0 Å². The molecule has 2 N–H and O–H groups in total. The van der Waals surface area contributed by atoms with Crippen LogP contribution in [0.5, 0.6) is 0 Å². The summed E-state index contributed by atoms with van der Waals surface area (Å²) in [6, 6.07) is 1.49. The fourth-order valence-corrected chi connectivity index (χ4v) is 2.64. The van der Waals surface area contributed by atoms with E-state index in [4.69, 9.17) is 4.74 Å². The average molecular weight is 242 g/mol. The van der Waals surface area contributed by atoms with Gasteiger partial charge in [-0.25, -0.2) is 0 Å². The Labute approximate surface area is 104 Å². The molecule has 0 bridgehead atoms. The average Bonchev–Trinajstić information content (AvgIpc) is 3.04. The van der Waals surface area contributed by atoms with Gasteiger partial charge in [0.05, 0.1) is 12.7 Å². The van der Waals surface area contributed by atoms with Crippen molar-refractivity contribution in [1.82, 2.24) is 10.2 Å². The van der Waals surface area contributed by atoms with Crippen molar-refractivity contribution in [3.63, 3.8) is 0 Å². The Kier molecular flexibility index (Phi) is 4.79. The molecule has 4 heteroatoms. The number of ether oxygens (including phenoxy) is 1. The minimum Gasteiger partial charge on any atom is -0.395 e. The zero-order valence-corrected chi connectivity index (χ0v) is 11.1. The van der Waals surface area contributed by atoms with Gasteiger partial charge in [-0.1, -0.05) is 0 Å². The predicted octanol–water partition coefficient (Wildman–Crippen LogP) is 0.599. The molecule has 0 amide bonds. The molecule has 0 spiro atoms. The largest absolute Gasteiger partial charge is 0.395 e. The number of likely N-dealkylation sites (N-methyl/N-ethyl adjacent to an activating group) is 1. The quantitative estimate of drug-likeness (QED) is 0.686. The molecule has 100 valence electrons. The third-order valence-electron chi connectivity index (χ3n) is 4.00. The molecule has 3 atom stereocenters. The van der Waals surface area contributed by atoms with Crippen molar-refractivity contribution in [2.24, 2.45) is 0 Å². The third kappa shape index (κ3) is 3.91. The summed E-state index contributed by atoms with van der Waals surface area (Å²) in [5.74, 6) is 0. The van der Waals surface area contributed by atoms with Crippen molar-refractivity contribution in [2.45, 2.75) is 56.8 Å². The Balaban J connectivity index is 1.68. The Morgan fingerprint density at radius 1 is 1.41 bits per heavy atom. The standard InChI is InChI=1S/C13H26N2O2/c1-10-13(6-8-17-10)15(2)7-5-12(9-16)14-11-3-4-11/h10-14,16H,3-9H2,1-2H3. The lowest BCUT2D eigenvalue weighted by molar-refractivity contribution is 0.0811. The van der Waals surface area contributed by atoms with Crippen LogP contribution in [-0.4, -0.2) is 61.0 Å². The molecule has 0 aromatic rings. The molecule has 0 radical (unpaired) electrons. The normalized spacial score (nSPS) is 31.1. The van der Waals surface area contributed by atoms with Crippen molar-refractivity contribution in [3.8, 4) is 0 Å². The van der Waals surface area contributed by atoms with Crippen LogP contribution < -0.4 is 5.32 Å². The molecule has 2 fully saturated rings. The minimum absolute atomic E-state index is 0.251. The molecular formula is C13H26N2O2. The molecule has 2 aliphatic rings. The lowest BCUT2D eigenvalue weighted by atomic mass is 10.1. The van der Waals surface area contributed by atoms with E-state index >= 15 is 0 Å². The first-order valence-electron chi connectivity index (χ1n) is 6.89. The lowest BCUT2D eigenvalue weighted by Crippen LogP contribution is -2.41. The number of hydrogen-bond acceptors (Lipinski definition) is 4. The van der Waals surface area contributed by atoms with Gasteiger partial charge in [0, 0.05) is 24.7 Å². The Morgan fingerprint density at radius 2 is 2.18 bits per heavy atom. The summed E-state index contributed by atoms with van der Waals surface area (Å²) in [5, 5.41) is 12.8. The van der Waals surface area contributed by atoms with Gasteiger partial charge in [-0.05, 0) is 46.2 Å². The van der Waals surface area contributed by atoms with E-state index in [0.29, 0.717) is 18.2 Å². The van der Waals surface area contributed by atoms with Gasteiger partial charge < -0.3 is 20.1 Å². The molecule has 17 heavy (non-hydrogen) atoms. The van der Waals surface area contributed by atoms with Gasteiger partial charge in [0.2, 0.25) is 0 Å².